The summed E-state index contributed by atoms with van der Waals surface area (Å²) in [4.78, 5) is 22.9. The van der Waals surface area contributed by atoms with Crippen molar-refractivity contribution in [3.8, 4) is 0 Å². The first-order chi connectivity index (χ1) is 9.53. The number of rotatable bonds is 7. The fraction of sp³-hybridized carbons (Fsp3) is 0.636. The van der Waals surface area contributed by atoms with Gasteiger partial charge >= 0.3 is 11.9 Å². The van der Waals surface area contributed by atoms with Gasteiger partial charge in [-0.15, -0.1) is 5.10 Å². The number of ether oxygens (including phenoxy) is 3. The lowest BCUT2D eigenvalue weighted by Gasteiger charge is -2.11. The molecule has 1 atom stereocenters. The number of hydrogen-bond donors (Lipinski definition) is 1. The van der Waals surface area contributed by atoms with E-state index in [0.29, 0.717) is 0 Å². The van der Waals surface area contributed by atoms with Crippen LogP contribution in [0.5, 0.6) is 0 Å². The lowest BCUT2D eigenvalue weighted by atomic mass is 10.2. The van der Waals surface area contributed by atoms with Gasteiger partial charge in [0.15, 0.2) is 5.69 Å². The van der Waals surface area contributed by atoms with Gasteiger partial charge in [-0.25, -0.2) is 9.48 Å². The second kappa shape index (κ2) is 7.56. The summed E-state index contributed by atoms with van der Waals surface area (Å²) in [5.41, 5.74) is 0.140. The van der Waals surface area contributed by atoms with Crippen molar-refractivity contribution in [2.45, 2.75) is 19.1 Å². The molecule has 20 heavy (non-hydrogen) atoms. The maximum Gasteiger partial charge on any atom is 0.360 e. The smallest absolute Gasteiger partial charge is 0.360 e. The first-order valence-electron chi connectivity index (χ1n) is 5.78. The summed E-state index contributed by atoms with van der Waals surface area (Å²) in [6.45, 7) is 0.120. The standard InChI is InChI=1S/C11H17N3O6/c1-18-6-7(15)5-14-8(4-9(16)19-2)10(12-13-14)11(17)20-3/h7,15H,4-6H2,1-3H3. The molecule has 9 heteroatoms. The van der Waals surface area contributed by atoms with Gasteiger partial charge in [-0.2, -0.15) is 0 Å². The van der Waals surface area contributed by atoms with Crippen LogP contribution in [-0.4, -0.2) is 66.1 Å². The van der Waals surface area contributed by atoms with Crippen molar-refractivity contribution < 1.29 is 28.9 Å². The number of methoxy groups -OCH3 is 3. The van der Waals surface area contributed by atoms with E-state index in [1.807, 2.05) is 0 Å². The molecule has 1 N–H and O–H groups in total. The third-order valence-electron chi connectivity index (χ3n) is 2.50. The maximum atomic E-state index is 11.6. The van der Waals surface area contributed by atoms with Gasteiger partial charge in [0.25, 0.3) is 0 Å². The topological polar surface area (TPSA) is 113 Å². The quantitative estimate of drug-likeness (QED) is 0.621. The van der Waals surface area contributed by atoms with E-state index in [-0.39, 0.29) is 31.0 Å². The SMILES string of the molecule is COCC(O)Cn1nnc(C(=O)OC)c1CC(=O)OC. The molecule has 0 saturated carbocycles. The van der Waals surface area contributed by atoms with E-state index < -0.39 is 18.0 Å². The predicted molar refractivity (Wildman–Crippen MR) is 65.0 cm³/mol. The zero-order chi connectivity index (χ0) is 15.1. The fourth-order valence-electron chi connectivity index (χ4n) is 1.56. The van der Waals surface area contributed by atoms with Gasteiger partial charge in [-0.3, -0.25) is 4.79 Å². The minimum Gasteiger partial charge on any atom is -0.469 e. The Labute approximate surface area is 115 Å². The third-order valence-corrected chi connectivity index (χ3v) is 2.50. The zero-order valence-electron chi connectivity index (χ0n) is 11.5. The number of nitrogens with zero attached hydrogens (tertiary/aromatic N) is 3. The Morgan fingerprint density at radius 2 is 2.00 bits per heavy atom. The van der Waals surface area contributed by atoms with Crippen molar-refractivity contribution in [3.05, 3.63) is 11.4 Å². The van der Waals surface area contributed by atoms with E-state index in [2.05, 4.69) is 19.8 Å². The summed E-state index contributed by atoms with van der Waals surface area (Å²) in [5, 5.41) is 17.1. The van der Waals surface area contributed by atoms with Crippen molar-refractivity contribution >= 4 is 11.9 Å². The van der Waals surface area contributed by atoms with Gasteiger partial charge < -0.3 is 19.3 Å². The van der Waals surface area contributed by atoms with E-state index in [4.69, 9.17) is 4.74 Å². The molecule has 0 aliphatic heterocycles. The Morgan fingerprint density at radius 1 is 1.30 bits per heavy atom. The van der Waals surface area contributed by atoms with Crippen molar-refractivity contribution in [1.82, 2.24) is 15.0 Å². The van der Waals surface area contributed by atoms with Crippen molar-refractivity contribution in [2.24, 2.45) is 0 Å². The molecule has 112 valence electrons. The van der Waals surface area contributed by atoms with Crippen LogP contribution >= 0.6 is 0 Å². The minimum atomic E-state index is -0.844. The number of carbonyl (C=O) groups excluding carboxylic acids is 2. The van der Waals surface area contributed by atoms with Crippen LogP contribution in [0.1, 0.15) is 16.2 Å². The molecule has 0 aliphatic carbocycles. The Hall–Kier alpha value is -2.00. The van der Waals surface area contributed by atoms with E-state index in [1.54, 1.807) is 0 Å². The minimum absolute atomic E-state index is 0.0319. The van der Waals surface area contributed by atoms with Crippen LogP contribution in [0.15, 0.2) is 0 Å². The Bertz CT molecular complexity index is 473. The molecule has 1 aromatic heterocycles. The van der Waals surface area contributed by atoms with Crippen LogP contribution in [0.3, 0.4) is 0 Å². The molecular formula is C11H17N3O6. The highest BCUT2D eigenvalue weighted by atomic mass is 16.5. The molecule has 1 aromatic rings. The summed E-state index contributed by atoms with van der Waals surface area (Å²) in [6.07, 6.45) is -1.04. The largest absolute Gasteiger partial charge is 0.469 e. The molecule has 0 spiro atoms. The molecule has 0 aliphatic rings. The number of aromatic nitrogens is 3. The third kappa shape index (κ3) is 4.00. The van der Waals surface area contributed by atoms with Crippen LogP contribution in [0, 0.1) is 0 Å². The van der Waals surface area contributed by atoms with E-state index in [9.17, 15) is 14.7 Å². The van der Waals surface area contributed by atoms with Gasteiger partial charge in [0.2, 0.25) is 0 Å². The first-order valence-corrected chi connectivity index (χ1v) is 5.78. The Kier molecular flexibility index (Phi) is 6.07. The van der Waals surface area contributed by atoms with Gasteiger partial charge in [0.1, 0.15) is 0 Å². The van der Waals surface area contributed by atoms with Crippen LogP contribution in [0.25, 0.3) is 0 Å². The van der Waals surface area contributed by atoms with Gasteiger partial charge in [-0.1, -0.05) is 5.21 Å². The van der Waals surface area contributed by atoms with E-state index in [0.717, 1.165) is 0 Å². The van der Waals surface area contributed by atoms with Crippen molar-refractivity contribution in [3.63, 3.8) is 0 Å². The normalized spacial score (nSPS) is 12.0. The fourth-order valence-corrected chi connectivity index (χ4v) is 1.56. The summed E-state index contributed by atoms with van der Waals surface area (Å²) in [5.74, 6) is -1.27. The summed E-state index contributed by atoms with van der Waals surface area (Å²) in [7, 11) is 3.87. The Morgan fingerprint density at radius 3 is 2.55 bits per heavy atom. The molecule has 1 rings (SSSR count). The number of hydrogen-bond acceptors (Lipinski definition) is 8. The maximum absolute atomic E-state index is 11.6. The molecule has 9 nitrogen and oxygen atoms in total. The molecular weight excluding hydrogens is 270 g/mol. The van der Waals surface area contributed by atoms with E-state index >= 15 is 0 Å². The summed E-state index contributed by atoms with van der Waals surface area (Å²) >= 11 is 0. The highest BCUT2D eigenvalue weighted by Crippen LogP contribution is 2.10. The molecule has 0 fully saturated rings. The second-order valence-electron chi connectivity index (χ2n) is 3.92. The molecule has 0 aromatic carbocycles. The number of aliphatic hydroxyl groups excluding tert-OH is 1. The molecule has 0 radical (unpaired) electrons. The number of esters is 2. The lowest BCUT2D eigenvalue weighted by molar-refractivity contribution is -0.139. The van der Waals surface area contributed by atoms with Crippen LogP contribution < -0.4 is 0 Å². The zero-order valence-corrected chi connectivity index (χ0v) is 11.5. The number of aliphatic hydroxyl groups is 1. The van der Waals surface area contributed by atoms with Crippen LogP contribution in [-0.2, 0) is 32.0 Å². The summed E-state index contributed by atoms with van der Waals surface area (Å²) in [6, 6.07) is 0. The monoisotopic (exact) mass is 287 g/mol. The molecule has 1 unspecified atom stereocenters. The Balaban J connectivity index is 3.01. The number of carbonyl (C=O) groups is 2. The average Bonchev–Trinajstić information content (AvgIpc) is 2.81. The van der Waals surface area contributed by atoms with E-state index in [1.165, 1.54) is 26.0 Å². The molecule has 0 saturated heterocycles. The molecule has 0 bridgehead atoms. The van der Waals surface area contributed by atoms with Crippen molar-refractivity contribution in [1.29, 1.82) is 0 Å². The highest BCUT2D eigenvalue weighted by Gasteiger charge is 2.23. The van der Waals surface area contributed by atoms with Gasteiger partial charge in [0.05, 0.1) is 45.6 Å². The lowest BCUT2D eigenvalue weighted by Crippen LogP contribution is -2.24. The van der Waals surface area contributed by atoms with Gasteiger partial charge in [0, 0.05) is 7.11 Å². The second-order valence-corrected chi connectivity index (χ2v) is 3.92. The van der Waals surface area contributed by atoms with Crippen LogP contribution in [0.2, 0.25) is 0 Å². The average molecular weight is 287 g/mol. The predicted octanol–water partition coefficient (Wildman–Crippen LogP) is -1.21. The van der Waals surface area contributed by atoms with Gasteiger partial charge in [-0.05, 0) is 0 Å². The first kappa shape index (κ1) is 16.1. The molecule has 1 heterocycles. The highest BCUT2D eigenvalue weighted by molar-refractivity contribution is 5.89. The molecule has 0 amide bonds. The van der Waals surface area contributed by atoms with Crippen LogP contribution in [0.4, 0.5) is 0 Å². The summed E-state index contributed by atoms with van der Waals surface area (Å²) < 4.78 is 15.2. The van der Waals surface area contributed by atoms with Crippen molar-refractivity contribution in [2.75, 3.05) is 27.9 Å².